The number of methoxy groups -OCH3 is 1. The zero-order valence-corrected chi connectivity index (χ0v) is 11.9. The first-order chi connectivity index (χ1) is 9.15. The Morgan fingerprint density at radius 2 is 2.21 bits per heavy atom. The van der Waals surface area contributed by atoms with E-state index in [1.54, 1.807) is 12.0 Å². The first kappa shape index (κ1) is 13.9. The first-order valence-corrected chi connectivity index (χ1v) is 6.82. The van der Waals surface area contributed by atoms with Crippen LogP contribution in [0.1, 0.15) is 25.3 Å². The number of likely N-dealkylation sites (N-methyl/N-ethyl adjacent to an activating group) is 1. The minimum absolute atomic E-state index is 0.0964. The highest BCUT2D eigenvalue weighted by molar-refractivity contribution is 5.94. The third kappa shape index (κ3) is 3.47. The average Bonchev–Trinajstić information content (AvgIpc) is 3.27. The van der Waals surface area contributed by atoms with Gasteiger partial charge in [0, 0.05) is 18.8 Å². The maximum atomic E-state index is 12.1. The van der Waals surface area contributed by atoms with E-state index in [9.17, 15) is 4.79 Å². The summed E-state index contributed by atoms with van der Waals surface area (Å²) in [4.78, 5) is 13.8. The summed E-state index contributed by atoms with van der Waals surface area (Å²) >= 11 is 0. The molecule has 1 amide bonds. The van der Waals surface area contributed by atoms with Gasteiger partial charge in [-0.05, 0) is 43.0 Å². The van der Waals surface area contributed by atoms with Crippen molar-refractivity contribution in [1.29, 1.82) is 0 Å². The van der Waals surface area contributed by atoms with Crippen molar-refractivity contribution in [2.75, 3.05) is 25.6 Å². The molecule has 19 heavy (non-hydrogen) atoms. The number of carbonyl (C=O) groups excluding carboxylic acids is 1. The highest BCUT2D eigenvalue weighted by atomic mass is 16.5. The lowest BCUT2D eigenvalue weighted by atomic mass is 10.1. The summed E-state index contributed by atoms with van der Waals surface area (Å²) in [5, 5.41) is 3.24. The first-order valence-electron chi connectivity index (χ1n) is 6.82. The van der Waals surface area contributed by atoms with E-state index in [0.717, 1.165) is 23.4 Å². The van der Waals surface area contributed by atoms with Crippen LogP contribution in [0.4, 0.5) is 5.69 Å². The smallest absolute Gasteiger partial charge is 0.240 e. The molecule has 104 valence electrons. The molecule has 2 rings (SSSR count). The van der Waals surface area contributed by atoms with Gasteiger partial charge in [-0.2, -0.15) is 0 Å². The van der Waals surface area contributed by atoms with Crippen LogP contribution in [0.3, 0.4) is 0 Å². The lowest BCUT2D eigenvalue weighted by molar-refractivity contribution is -0.117. The Labute approximate surface area is 114 Å². The molecule has 1 aromatic rings. The van der Waals surface area contributed by atoms with E-state index in [-0.39, 0.29) is 5.91 Å². The van der Waals surface area contributed by atoms with Crippen molar-refractivity contribution in [2.24, 2.45) is 0 Å². The summed E-state index contributed by atoms with van der Waals surface area (Å²) in [6.45, 7) is 2.49. The van der Waals surface area contributed by atoms with Crippen LogP contribution in [0.2, 0.25) is 0 Å². The molecule has 4 heteroatoms. The Kier molecular flexibility index (Phi) is 4.43. The quantitative estimate of drug-likeness (QED) is 0.852. The van der Waals surface area contributed by atoms with Gasteiger partial charge in [0.1, 0.15) is 5.75 Å². The number of hydrogen-bond donors (Lipinski definition) is 1. The van der Waals surface area contributed by atoms with Gasteiger partial charge in [0.2, 0.25) is 5.91 Å². The van der Waals surface area contributed by atoms with Crippen LogP contribution >= 0.6 is 0 Å². The van der Waals surface area contributed by atoms with E-state index in [4.69, 9.17) is 4.74 Å². The van der Waals surface area contributed by atoms with Crippen molar-refractivity contribution >= 4 is 11.6 Å². The van der Waals surface area contributed by atoms with E-state index in [0.29, 0.717) is 12.6 Å². The minimum Gasteiger partial charge on any atom is -0.496 e. The van der Waals surface area contributed by atoms with Crippen LogP contribution < -0.4 is 15.0 Å². The second kappa shape index (κ2) is 6.06. The highest BCUT2D eigenvalue weighted by Crippen LogP contribution is 2.25. The molecular formula is C15H22N2O2. The Hall–Kier alpha value is -1.55. The third-order valence-electron chi connectivity index (χ3n) is 3.53. The fraction of sp³-hybridized carbons (Fsp3) is 0.533. The summed E-state index contributed by atoms with van der Waals surface area (Å²) in [6, 6.07) is 6.42. The molecule has 0 heterocycles. The normalized spacial score (nSPS) is 14.3. The summed E-state index contributed by atoms with van der Waals surface area (Å²) in [5.41, 5.74) is 2.04. The van der Waals surface area contributed by atoms with Gasteiger partial charge in [-0.1, -0.05) is 6.92 Å². The molecule has 0 radical (unpaired) electrons. The van der Waals surface area contributed by atoms with Crippen molar-refractivity contribution in [1.82, 2.24) is 5.32 Å². The summed E-state index contributed by atoms with van der Waals surface area (Å²) < 4.78 is 5.30. The summed E-state index contributed by atoms with van der Waals surface area (Å²) in [7, 11) is 3.49. The number of rotatable bonds is 6. The van der Waals surface area contributed by atoms with Gasteiger partial charge in [-0.3, -0.25) is 4.79 Å². The number of nitrogens with zero attached hydrogens (tertiary/aromatic N) is 1. The number of benzene rings is 1. The molecule has 0 saturated heterocycles. The number of nitrogens with one attached hydrogen (secondary N) is 1. The number of hydrogen-bond acceptors (Lipinski definition) is 3. The van der Waals surface area contributed by atoms with Crippen LogP contribution in [0.25, 0.3) is 0 Å². The maximum absolute atomic E-state index is 12.1. The van der Waals surface area contributed by atoms with Crippen molar-refractivity contribution in [3.8, 4) is 5.75 Å². The standard InChI is InChI=1S/C15H22N2O2/c1-4-11-9-13(7-8-14(11)19-3)17(2)15(18)10-16-12-5-6-12/h7-9,12,16H,4-6,10H2,1-3H3. The lowest BCUT2D eigenvalue weighted by Gasteiger charge is -2.19. The molecule has 1 saturated carbocycles. The fourth-order valence-electron chi connectivity index (χ4n) is 2.03. The lowest BCUT2D eigenvalue weighted by Crippen LogP contribution is -2.36. The molecule has 0 unspecified atom stereocenters. The largest absolute Gasteiger partial charge is 0.496 e. The highest BCUT2D eigenvalue weighted by Gasteiger charge is 2.22. The number of anilines is 1. The Morgan fingerprint density at radius 3 is 2.79 bits per heavy atom. The zero-order valence-electron chi connectivity index (χ0n) is 11.9. The molecule has 1 aromatic carbocycles. The van der Waals surface area contributed by atoms with Crippen molar-refractivity contribution < 1.29 is 9.53 Å². The van der Waals surface area contributed by atoms with Gasteiger partial charge >= 0.3 is 0 Å². The van der Waals surface area contributed by atoms with Crippen LogP contribution in [-0.2, 0) is 11.2 Å². The summed E-state index contributed by atoms with van der Waals surface area (Å²) in [6.07, 6.45) is 3.28. The van der Waals surface area contributed by atoms with Gasteiger partial charge in [0.15, 0.2) is 0 Å². The summed E-state index contributed by atoms with van der Waals surface area (Å²) in [5.74, 6) is 0.974. The zero-order chi connectivity index (χ0) is 13.8. The Balaban J connectivity index is 2.04. The molecule has 0 bridgehead atoms. The monoisotopic (exact) mass is 262 g/mol. The minimum atomic E-state index is 0.0964. The number of ether oxygens (including phenoxy) is 1. The molecule has 0 aromatic heterocycles. The molecular weight excluding hydrogens is 240 g/mol. The molecule has 0 spiro atoms. The number of amides is 1. The van der Waals surface area contributed by atoms with E-state index in [1.807, 2.05) is 25.2 Å². The SMILES string of the molecule is CCc1cc(N(C)C(=O)CNC2CC2)ccc1OC. The second-order valence-corrected chi connectivity index (χ2v) is 4.96. The van der Waals surface area contributed by atoms with E-state index < -0.39 is 0 Å². The third-order valence-corrected chi connectivity index (χ3v) is 3.53. The Bertz CT molecular complexity index is 455. The van der Waals surface area contributed by atoms with Gasteiger partial charge in [-0.25, -0.2) is 0 Å². The van der Waals surface area contributed by atoms with Crippen molar-refractivity contribution in [3.05, 3.63) is 23.8 Å². The van der Waals surface area contributed by atoms with E-state index >= 15 is 0 Å². The molecule has 0 atom stereocenters. The molecule has 0 aliphatic heterocycles. The second-order valence-electron chi connectivity index (χ2n) is 4.96. The van der Waals surface area contributed by atoms with E-state index in [2.05, 4.69) is 12.2 Å². The predicted molar refractivity (Wildman–Crippen MR) is 76.8 cm³/mol. The van der Waals surface area contributed by atoms with E-state index in [1.165, 1.54) is 12.8 Å². The van der Waals surface area contributed by atoms with Gasteiger partial charge in [0.05, 0.1) is 13.7 Å². The van der Waals surface area contributed by atoms with Crippen LogP contribution in [0, 0.1) is 0 Å². The maximum Gasteiger partial charge on any atom is 0.240 e. The molecule has 1 aliphatic rings. The molecule has 4 nitrogen and oxygen atoms in total. The van der Waals surface area contributed by atoms with Crippen molar-refractivity contribution in [2.45, 2.75) is 32.2 Å². The van der Waals surface area contributed by atoms with Crippen LogP contribution in [-0.4, -0.2) is 32.7 Å². The Morgan fingerprint density at radius 1 is 1.47 bits per heavy atom. The molecule has 1 N–H and O–H groups in total. The van der Waals surface area contributed by atoms with Gasteiger partial charge in [0.25, 0.3) is 0 Å². The van der Waals surface area contributed by atoms with Crippen molar-refractivity contribution in [3.63, 3.8) is 0 Å². The topological polar surface area (TPSA) is 41.6 Å². The van der Waals surface area contributed by atoms with Crippen LogP contribution in [0.5, 0.6) is 5.75 Å². The predicted octanol–water partition coefficient (Wildman–Crippen LogP) is 1.97. The van der Waals surface area contributed by atoms with Gasteiger partial charge in [-0.15, -0.1) is 0 Å². The number of carbonyl (C=O) groups is 1. The fourth-order valence-corrected chi connectivity index (χ4v) is 2.03. The number of aryl methyl sites for hydroxylation is 1. The van der Waals surface area contributed by atoms with Crippen LogP contribution in [0.15, 0.2) is 18.2 Å². The molecule has 1 fully saturated rings. The molecule has 1 aliphatic carbocycles. The average molecular weight is 262 g/mol. The van der Waals surface area contributed by atoms with Gasteiger partial charge < -0.3 is 15.0 Å².